The fourth-order valence-corrected chi connectivity index (χ4v) is 8.01. The number of nitriles is 3. The predicted molar refractivity (Wildman–Crippen MR) is 222 cm³/mol. The van der Waals surface area contributed by atoms with E-state index >= 15 is 0 Å². The third kappa shape index (κ3) is 5.80. The monoisotopic (exact) mass is 697 g/mol. The maximum absolute atomic E-state index is 9.70. The van der Waals surface area contributed by atoms with E-state index < -0.39 is 0 Å². The van der Waals surface area contributed by atoms with Gasteiger partial charge in [-0.2, -0.15) is 15.8 Å². The Morgan fingerprint density at radius 2 is 1.02 bits per heavy atom. The molecule has 7 aromatic rings. The molecule has 0 heterocycles. The summed E-state index contributed by atoms with van der Waals surface area (Å²) in [5.74, 6) is 0.316. The van der Waals surface area contributed by atoms with Crippen LogP contribution in [0.15, 0.2) is 139 Å². The summed E-state index contributed by atoms with van der Waals surface area (Å²) < 4.78 is 0. The lowest BCUT2D eigenvalue weighted by Gasteiger charge is -2.32. The van der Waals surface area contributed by atoms with E-state index in [1.165, 1.54) is 32.7 Å². The molecule has 5 heteroatoms. The first-order chi connectivity index (χ1) is 26.3. The van der Waals surface area contributed by atoms with Crippen LogP contribution in [0.4, 0.5) is 28.4 Å². The van der Waals surface area contributed by atoms with Crippen LogP contribution in [-0.4, -0.2) is 0 Å². The van der Waals surface area contributed by atoms with Gasteiger partial charge in [0.1, 0.15) is 0 Å². The average Bonchev–Trinajstić information content (AvgIpc) is 3.21. The highest BCUT2D eigenvalue weighted by Gasteiger charge is 2.26. The van der Waals surface area contributed by atoms with Crippen molar-refractivity contribution in [2.24, 2.45) is 5.92 Å². The van der Waals surface area contributed by atoms with Crippen molar-refractivity contribution in [1.29, 1.82) is 15.8 Å². The molecule has 54 heavy (non-hydrogen) atoms. The lowest BCUT2D eigenvalue weighted by molar-refractivity contribution is 0.824. The molecule has 0 saturated heterocycles. The number of nitrogens with zero attached hydrogens (tertiary/aromatic N) is 5. The minimum Gasteiger partial charge on any atom is -0.310 e. The van der Waals surface area contributed by atoms with Gasteiger partial charge in [-0.15, -0.1) is 0 Å². The van der Waals surface area contributed by atoms with Gasteiger partial charge in [0, 0.05) is 33.5 Å². The zero-order valence-corrected chi connectivity index (χ0v) is 30.9. The first kappa shape index (κ1) is 34.2. The second-order valence-corrected chi connectivity index (χ2v) is 14.6. The Hall–Kier alpha value is -6.87. The Morgan fingerprint density at radius 1 is 0.556 bits per heavy atom. The molecule has 0 aromatic heterocycles. The minimum absolute atomic E-state index is 0.166. The summed E-state index contributed by atoms with van der Waals surface area (Å²) in [6.07, 6.45) is 6.84. The van der Waals surface area contributed by atoms with Crippen LogP contribution < -0.4 is 9.80 Å². The zero-order valence-electron chi connectivity index (χ0n) is 30.9. The van der Waals surface area contributed by atoms with Crippen molar-refractivity contribution >= 4 is 60.8 Å². The number of rotatable bonds is 8. The van der Waals surface area contributed by atoms with Crippen LogP contribution >= 0.6 is 0 Å². The SMILES string of the molecule is CC(C)c1cc(N(C2=CCC(C#N)C=C2)c2ccc(C#N)cc2)c2ccc3c(C(C)C)cc(N(c4ccccc4)c4ccc(C#N)cc4)c4ccc1c2c34. The van der Waals surface area contributed by atoms with E-state index in [1.807, 2.05) is 60.7 Å². The Balaban J connectivity index is 1.48. The Morgan fingerprint density at radius 3 is 1.46 bits per heavy atom. The number of hydrogen-bond donors (Lipinski definition) is 0. The summed E-state index contributed by atoms with van der Waals surface area (Å²) in [6.45, 7) is 9.04. The smallest absolute Gasteiger partial charge is 0.0991 e. The summed E-state index contributed by atoms with van der Waals surface area (Å²) >= 11 is 0. The summed E-state index contributed by atoms with van der Waals surface area (Å²) in [7, 11) is 0. The molecule has 1 unspecified atom stereocenters. The highest BCUT2D eigenvalue weighted by Crippen LogP contribution is 2.50. The molecular formula is C49H39N5. The highest BCUT2D eigenvalue weighted by atomic mass is 15.2. The van der Waals surface area contributed by atoms with E-state index in [0.717, 1.165) is 44.9 Å². The van der Waals surface area contributed by atoms with Crippen LogP contribution in [0.2, 0.25) is 0 Å². The molecule has 0 spiro atoms. The Labute approximate surface area is 316 Å². The standard InChI is InChI=1S/C49H39N5/c1-31(2)44-26-46(53(36-8-6-5-7-9-36)37-16-10-33(28-50)11-17-37)42-24-22-41-45(32(3)4)27-47(43-25-23-40(44)48(42)49(41)43)54(38-18-12-34(29-51)13-19-38)39-20-14-35(30-52)15-21-39/h5-14,16-27,31-32,35H,15H2,1-4H3. The van der Waals surface area contributed by atoms with Crippen molar-refractivity contribution in [3.8, 4) is 18.2 Å². The number of hydrogen-bond acceptors (Lipinski definition) is 5. The predicted octanol–water partition coefficient (Wildman–Crippen LogP) is 13.2. The Kier molecular flexibility index (Phi) is 8.83. The van der Waals surface area contributed by atoms with Crippen LogP contribution in [0, 0.1) is 39.9 Å². The lowest BCUT2D eigenvalue weighted by atomic mass is 9.84. The van der Waals surface area contributed by atoms with Crippen molar-refractivity contribution in [2.75, 3.05) is 9.80 Å². The van der Waals surface area contributed by atoms with E-state index in [2.05, 4.69) is 129 Å². The van der Waals surface area contributed by atoms with E-state index in [9.17, 15) is 15.8 Å². The summed E-state index contributed by atoms with van der Waals surface area (Å²) in [6, 6.07) is 46.9. The largest absolute Gasteiger partial charge is 0.310 e. The van der Waals surface area contributed by atoms with Crippen molar-refractivity contribution in [3.05, 3.63) is 161 Å². The maximum atomic E-state index is 9.70. The molecule has 8 rings (SSSR count). The molecule has 0 amide bonds. The van der Waals surface area contributed by atoms with Gasteiger partial charge in [0.15, 0.2) is 0 Å². The van der Waals surface area contributed by atoms with Crippen LogP contribution in [-0.2, 0) is 0 Å². The quantitative estimate of drug-likeness (QED) is 0.148. The fraction of sp³-hybridized carbons (Fsp3) is 0.163. The first-order valence-corrected chi connectivity index (χ1v) is 18.5. The number of benzene rings is 7. The third-order valence-electron chi connectivity index (χ3n) is 10.7. The van der Waals surface area contributed by atoms with Crippen LogP contribution in [0.25, 0.3) is 32.3 Å². The van der Waals surface area contributed by atoms with Gasteiger partial charge in [-0.3, -0.25) is 0 Å². The molecular weight excluding hydrogens is 659 g/mol. The van der Waals surface area contributed by atoms with Crippen LogP contribution in [0.1, 0.15) is 68.2 Å². The van der Waals surface area contributed by atoms with Gasteiger partial charge in [0.25, 0.3) is 0 Å². The summed E-state index contributed by atoms with van der Waals surface area (Å²) in [4.78, 5) is 4.61. The number of para-hydroxylation sites is 1. The number of anilines is 5. The molecule has 260 valence electrons. The highest BCUT2D eigenvalue weighted by molar-refractivity contribution is 6.29. The fourth-order valence-electron chi connectivity index (χ4n) is 8.01. The Bertz CT molecular complexity index is 2720. The van der Waals surface area contributed by atoms with Crippen molar-refractivity contribution in [2.45, 2.75) is 46.0 Å². The van der Waals surface area contributed by atoms with E-state index in [0.29, 0.717) is 17.5 Å². The number of allylic oxidation sites excluding steroid dienone is 3. The first-order valence-electron chi connectivity index (χ1n) is 18.5. The minimum atomic E-state index is -0.166. The summed E-state index contributed by atoms with van der Waals surface area (Å²) in [5.41, 5.74) is 9.84. The van der Waals surface area contributed by atoms with E-state index in [1.54, 1.807) is 0 Å². The maximum Gasteiger partial charge on any atom is 0.0991 e. The molecule has 1 aliphatic carbocycles. The summed E-state index contributed by atoms with van der Waals surface area (Å²) in [5, 5.41) is 36.2. The molecule has 0 fully saturated rings. The van der Waals surface area contributed by atoms with Gasteiger partial charge in [0.05, 0.1) is 46.6 Å². The molecule has 5 nitrogen and oxygen atoms in total. The van der Waals surface area contributed by atoms with E-state index in [-0.39, 0.29) is 17.8 Å². The van der Waals surface area contributed by atoms with Gasteiger partial charge in [-0.1, -0.05) is 82.3 Å². The van der Waals surface area contributed by atoms with Gasteiger partial charge in [-0.05, 0) is 130 Å². The van der Waals surface area contributed by atoms with Crippen molar-refractivity contribution in [1.82, 2.24) is 0 Å². The molecule has 0 N–H and O–H groups in total. The average molecular weight is 698 g/mol. The van der Waals surface area contributed by atoms with Crippen LogP contribution in [0.5, 0.6) is 0 Å². The van der Waals surface area contributed by atoms with Crippen molar-refractivity contribution < 1.29 is 0 Å². The lowest BCUT2D eigenvalue weighted by Crippen LogP contribution is -2.18. The normalized spacial score (nSPS) is 14.0. The van der Waals surface area contributed by atoms with Crippen molar-refractivity contribution in [3.63, 3.8) is 0 Å². The molecule has 0 radical (unpaired) electrons. The molecule has 7 aromatic carbocycles. The second kappa shape index (κ2) is 13.9. The van der Waals surface area contributed by atoms with Gasteiger partial charge < -0.3 is 9.80 Å². The topological polar surface area (TPSA) is 77.8 Å². The van der Waals surface area contributed by atoms with Gasteiger partial charge in [0.2, 0.25) is 0 Å². The molecule has 1 aliphatic rings. The van der Waals surface area contributed by atoms with Gasteiger partial charge in [-0.25, -0.2) is 0 Å². The molecule has 0 aliphatic heterocycles. The molecule has 0 bridgehead atoms. The zero-order chi connectivity index (χ0) is 37.5. The van der Waals surface area contributed by atoms with E-state index in [4.69, 9.17) is 0 Å². The third-order valence-corrected chi connectivity index (χ3v) is 10.7. The molecule has 0 saturated carbocycles. The van der Waals surface area contributed by atoms with Crippen LogP contribution in [0.3, 0.4) is 0 Å². The van der Waals surface area contributed by atoms with Gasteiger partial charge >= 0.3 is 0 Å². The molecule has 1 atom stereocenters. The second-order valence-electron chi connectivity index (χ2n) is 14.6.